The van der Waals surface area contributed by atoms with Crippen LogP contribution in [0, 0.1) is 5.92 Å². The molecule has 2 fully saturated rings. The molecular formula is C21H33N3O. The summed E-state index contributed by atoms with van der Waals surface area (Å²) < 4.78 is 6.39. The minimum Gasteiger partial charge on any atom is -0.368 e. The first-order chi connectivity index (χ1) is 12.2. The van der Waals surface area contributed by atoms with Gasteiger partial charge >= 0.3 is 0 Å². The molecule has 0 atom stereocenters. The third-order valence-corrected chi connectivity index (χ3v) is 6.49. The largest absolute Gasteiger partial charge is 0.368 e. The molecule has 1 spiro atoms. The van der Waals surface area contributed by atoms with Gasteiger partial charge in [-0.15, -0.1) is 0 Å². The standard InChI is InChI=1S/C21H33N3O/c1-16(2)20-22-14-18-8-13-25-21(19(18)23-20)9-11-24(12-10-21)15-17-6-4-3-5-7-17/h14,16-17H,3-13,15H2,1-2H3. The fraction of sp³-hybridized carbons (Fsp3) is 0.810. The van der Waals surface area contributed by atoms with Crippen LogP contribution >= 0.6 is 0 Å². The predicted molar refractivity (Wildman–Crippen MR) is 99.7 cm³/mol. The Bertz CT molecular complexity index is 587. The Morgan fingerprint density at radius 3 is 2.68 bits per heavy atom. The predicted octanol–water partition coefficient (Wildman–Crippen LogP) is 4.04. The second-order valence-electron chi connectivity index (χ2n) is 8.65. The van der Waals surface area contributed by atoms with Crippen LogP contribution in [-0.2, 0) is 16.8 Å². The first kappa shape index (κ1) is 17.4. The molecule has 0 unspecified atom stereocenters. The van der Waals surface area contributed by atoms with Gasteiger partial charge in [-0.2, -0.15) is 0 Å². The molecule has 0 aromatic carbocycles. The van der Waals surface area contributed by atoms with E-state index in [1.807, 2.05) is 0 Å². The lowest BCUT2D eigenvalue weighted by Gasteiger charge is -2.45. The van der Waals surface area contributed by atoms with E-state index in [-0.39, 0.29) is 5.60 Å². The molecule has 138 valence electrons. The molecular weight excluding hydrogens is 310 g/mol. The minimum atomic E-state index is -0.150. The number of nitrogens with zero attached hydrogens (tertiary/aromatic N) is 3. The summed E-state index contributed by atoms with van der Waals surface area (Å²) in [5.74, 6) is 2.26. The van der Waals surface area contributed by atoms with Gasteiger partial charge in [0, 0.05) is 31.7 Å². The summed E-state index contributed by atoms with van der Waals surface area (Å²) in [6.45, 7) is 8.76. The van der Waals surface area contributed by atoms with Crippen molar-refractivity contribution in [3.63, 3.8) is 0 Å². The molecule has 0 amide bonds. The molecule has 2 aliphatic heterocycles. The van der Waals surface area contributed by atoms with Crippen molar-refractivity contribution >= 4 is 0 Å². The molecule has 0 radical (unpaired) electrons. The summed E-state index contributed by atoms with van der Waals surface area (Å²) >= 11 is 0. The molecule has 1 aliphatic carbocycles. The topological polar surface area (TPSA) is 38.2 Å². The molecule has 1 saturated carbocycles. The Morgan fingerprint density at radius 1 is 1.20 bits per heavy atom. The second-order valence-corrected chi connectivity index (χ2v) is 8.65. The van der Waals surface area contributed by atoms with Gasteiger partial charge in [0.1, 0.15) is 11.4 Å². The average molecular weight is 344 g/mol. The maximum atomic E-state index is 6.39. The van der Waals surface area contributed by atoms with E-state index >= 15 is 0 Å². The van der Waals surface area contributed by atoms with Crippen molar-refractivity contribution in [3.8, 4) is 0 Å². The van der Waals surface area contributed by atoms with Crippen molar-refractivity contribution in [2.24, 2.45) is 5.92 Å². The van der Waals surface area contributed by atoms with Crippen molar-refractivity contribution in [2.75, 3.05) is 26.2 Å². The lowest BCUT2D eigenvalue weighted by atomic mass is 9.82. The highest BCUT2D eigenvalue weighted by Crippen LogP contribution is 2.41. The lowest BCUT2D eigenvalue weighted by molar-refractivity contribution is -0.103. The SMILES string of the molecule is CC(C)c1ncc2c(n1)C1(CCN(CC3CCCCC3)CC1)OCC2. The molecule has 1 aromatic heterocycles. The van der Waals surface area contributed by atoms with Crippen molar-refractivity contribution in [1.82, 2.24) is 14.9 Å². The number of fused-ring (bicyclic) bond motifs is 2. The Labute approximate surface area is 152 Å². The van der Waals surface area contributed by atoms with E-state index in [9.17, 15) is 0 Å². The quantitative estimate of drug-likeness (QED) is 0.830. The van der Waals surface area contributed by atoms with Gasteiger partial charge in [-0.25, -0.2) is 9.97 Å². The molecule has 25 heavy (non-hydrogen) atoms. The first-order valence-corrected chi connectivity index (χ1v) is 10.4. The van der Waals surface area contributed by atoms with Crippen molar-refractivity contribution in [2.45, 2.75) is 76.7 Å². The number of piperidine rings is 1. The Hall–Kier alpha value is -1.00. The molecule has 1 saturated heterocycles. The number of aromatic nitrogens is 2. The summed E-state index contributed by atoms with van der Waals surface area (Å²) in [6, 6.07) is 0. The van der Waals surface area contributed by atoms with E-state index in [2.05, 4.69) is 29.9 Å². The van der Waals surface area contributed by atoms with Crippen LogP contribution in [0.15, 0.2) is 6.20 Å². The van der Waals surface area contributed by atoms with Crippen LogP contribution in [0.2, 0.25) is 0 Å². The second kappa shape index (κ2) is 7.32. The number of rotatable bonds is 3. The van der Waals surface area contributed by atoms with Gasteiger partial charge in [-0.1, -0.05) is 33.1 Å². The van der Waals surface area contributed by atoms with Crippen LogP contribution in [0.5, 0.6) is 0 Å². The zero-order chi connectivity index (χ0) is 17.3. The monoisotopic (exact) mass is 343 g/mol. The van der Waals surface area contributed by atoms with Gasteiger partial charge in [0.05, 0.1) is 12.3 Å². The van der Waals surface area contributed by atoms with Crippen molar-refractivity contribution in [1.29, 1.82) is 0 Å². The summed E-state index contributed by atoms with van der Waals surface area (Å²) in [5.41, 5.74) is 2.37. The molecule has 0 bridgehead atoms. The van der Waals surface area contributed by atoms with Gasteiger partial charge in [0.25, 0.3) is 0 Å². The maximum Gasteiger partial charge on any atom is 0.131 e. The van der Waals surface area contributed by atoms with E-state index in [1.165, 1.54) is 49.9 Å². The summed E-state index contributed by atoms with van der Waals surface area (Å²) in [6.07, 6.45) is 12.4. The normalized spacial score (nSPS) is 24.6. The number of hydrogen-bond donors (Lipinski definition) is 0. The fourth-order valence-corrected chi connectivity index (χ4v) is 4.91. The maximum absolute atomic E-state index is 6.39. The Morgan fingerprint density at radius 2 is 1.96 bits per heavy atom. The zero-order valence-electron chi connectivity index (χ0n) is 16.0. The van der Waals surface area contributed by atoms with E-state index in [4.69, 9.17) is 9.72 Å². The van der Waals surface area contributed by atoms with Gasteiger partial charge < -0.3 is 9.64 Å². The van der Waals surface area contributed by atoms with E-state index in [0.717, 1.165) is 50.7 Å². The average Bonchev–Trinajstić information content (AvgIpc) is 2.65. The summed E-state index contributed by atoms with van der Waals surface area (Å²) in [4.78, 5) is 12.2. The minimum absolute atomic E-state index is 0.150. The van der Waals surface area contributed by atoms with Crippen LogP contribution in [0.25, 0.3) is 0 Å². The van der Waals surface area contributed by atoms with Gasteiger partial charge in [-0.3, -0.25) is 0 Å². The highest BCUT2D eigenvalue weighted by atomic mass is 16.5. The van der Waals surface area contributed by atoms with Crippen LogP contribution in [0.1, 0.15) is 81.8 Å². The number of ether oxygens (including phenoxy) is 1. The number of hydrogen-bond acceptors (Lipinski definition) is 4. The summed E-state index contributed by atoms with van der Waals surface area (Å²) in [5, 5.41) is 0. The van der Waals surface area contributed by atoms with Gasteiger partial charge in [0.2, 0.25) is 0 Å². The molecule has 3 heterocycles. The Balaban J connectivity index is 1.46. The smallest absolute Gasteiger partial charge is 0.131 e. The fourth-order valence-electron chi connectivity index (χ4n) is 4.91. The highest BCUT2D eigenvalue weighted by molar-refractivity contribution is 5.28. The third-order valence-electron chi connectivity index (χ3n) is 6.49. The zero-order valence-corrected chi connectivity index (χ0v) is 16.0. The molecule has 3 aliphatic rings. The van der Waals surface area contributed by atoms with Crippen LogP contribution in [0.4, 0.5) is 0 Å². The van der Waals surface area contributed by atoms with E-state index in [0.29, 0.717) is 5.92 Å². The molecule has 4 heteroatoms. The van der Waals surface area contributed by atoms with Crippen LogP contribution < -0.4 is 0 Å². The molecule has 0 N–H and O–H groups in total. The van der Waals surface area contributed by atoms with Crippen LogP contribution in [0.3, 0.4) is 0 Å². The molecule has 1 aromatic rings. The summed E-state index contributed by atoms with van der Waals surface area (Å²) in [7, 11) is 0. The van der Waals surface area contributed by atoms with Crippen molar-refractivity contribution < 1.29 is 4.74 Å². The molecule has 4 rings (SSSR count). The third kappa shape index (κ3) is 3.61. The first-order valence-electron chi connectivity index (χ1n) is 10.4. The van der Waals surface area contributed by atoms with Crippen LogP contribution in [-0.4, -0.2) is 41.1 Å². The van der Waals surface area contributed by atoms with Gasteiger partial charge in [-0.05, 0) is 43.6 Å². The van der Waals surface area contributed by atoms with E-state index < -0.39 is 0 Å². The van der Waals surface area contributed by atoms with Crippen molar-refractivity contribution in [3.05, 3.63) is 23.3 Å². The lowest BCUT2D eigenvalue weighted by Crippen LogP contribution is -2.48. The molecule has 4 nitrogen and oxygen atoms in total. The highest BCUT2D eigenvalue weighted by Gasteiger charge is 2.42. The number of likely N-dealkylation sites (tertiary alicyclic amines) is 1. The van der Waals surface area contributed by atoms with Gasteiger partial charge in [0.15, 0.2) is 0 Å². The Kier molecular flexibility index (Phi) is 5.10. The van der Waals surface area contributed by atoms with E-state index in [1.54, 1.807) is 0 Å².